The predicted molar refractivity (Wildman–Crippen MR) is 89.4 cm³/mol. The Morgan fingerprint density at radius 1 is 1.35 bits per heavy atom. The van der Waals surface area contributed by atoms with Gasteiger partial charge in [0.1, 0.15) is 5.58 Å². The summed E-state index contributed by atoms with van der Waals surface area (Å²) in [6, 6.07) is 7.53. The fourth-order valence-corrected chi connectivity index (χ4v) is 2.49. The molecule has 23 heavy (non-hydrogen) atoms. The first-order chi connectivity index (χ1) is 10.7. The highest BCUT2D eigenvalue weighted by Crippen LogP contribution is 2.28. The number of likely N-dealkylation sites (N-methyl/N-ethyl adjacent to an activating group) is 1. The number of amides is 1. The Hall–Kier alpha value is -1.85. The van der Waals surface area contributed by atoms with Crippen molar-refractivity contribution in [2.24, 2.45) is 0 Å². The van der Waals surface area contributed by atoms with Gasteiger partial charge >= 0.3 is 0 Å². The summed E-state index contributed by atoms with van der Waals surface area (Å²) in [6.45, 7) is 7.75. The Labute approximate surface area is 136 Å². The summed E-state index contributed by atoms with van der Waals surface area (Å²) >= 11 is 0. The van der Waals surface area contributed by atoms with Crippen molar-refractivity contribution in [3.8, 4) is 0 Å². The van der Waals surface area contributed by atoms with Crippen molar-refractivity contribution in [1.29, 1.82) is 0 Å². The van der Waals surface area contributed by atoms with Gasteiger partial charge in [-0.25, -0.2) is 0 Å². The van der Waals surface area contributed by atoms with Gasteiger partial charge in [0, 0.05) is 24.5 Å². The number of fused-ring (bicyclic) bond motifs is 1. The lowest BCUT2D eigenvalue weighted by molar-refractivity contribution is 0.0344. The number of hydrogen-bond donors (Lipinski definition) is 1. The third-order valence-corrected chi connectivity index (χ3v) is 3.42. The molecule has 1 aromatic carbocycles. The molecule has 0 spiro atoms. The van der Waals surface area contributed by atoms with Crippen LogP contribution in [-0.4, -0.2) is 41.2 Å². The molecule has 1 aromatic heterocycles. The average Bonchev–Trinajstić information content (AvgIpc) is 2.81. The molecular weight excluding hydrogens is 294 g/mol. The minimum absolute atomic E-state index is 0.0562. The number of nitrogens with zero attached hydrogens (tertiary/aromatic N) is 1. The smallest absolute Gasteiger partial charge is 0.289 e. The third kappa shape index (κ3) is 4.33. The van der Waals surface area contributed by atoms with Crippen LogP contribution in [-0.2, 0) is 11.3 Å². The summed E-state index contributed by atoms with van der Waals surface area (Å²) in [4.78, 5) is 14.2. The number of aliphatic hydroxyl groups is 1. The van der Waals surface area contributed by atoms with Crippen molar-refractivity contribution in [3.05, 3.63) is 35.6 Å². The highest BCUT2D eigenvalue weighted by Gasteiger charge is 2.26. The van der Waals surface area contributed by atoms with E-state index in [9.17, 15) is 9.90 Å². The van der Waals surface area contributed by atoms with E-state index in [0.29, 0.717) is 12.2 Å². The second-order valence-electron chi connectivity index (χ2n) is 6.74. The average molecular weight is 319 g/mol. The normalized spacial score (nSPS) is 12.1. The maximum atomic E-state index is 12.7. The molecular formula is C18H25NO4. The van der Waals surface area contributed by atoms with Crippen LogP contribution in [0, 0.1) is 0 Å². The molecule has 0 saturated carbocycles. The zero-order valence-corrected chi connectivity index (χ0v) is 14.4. The SMILES string of the molecule is CC(C)OCc1c(C(=O)N(C)CC(C)(C)O)oc2ccccc12. The molecule has 0 aliphatic rings. The van der Waals surface area contributed by atoms with E-state index in [-0.39, 0.29) is 24.3 Å². The lowest BCUT2D eigenvalue weighted by Gasteiger charge is -2.25. The first kappa shape index (κ1) is 17.5. The lowest BCUT2D eigenvalue weighted by atomic mass is 10.1. The Balaban J connectivity index is 2.38. The summed E-state index contributed by atoms with van der Waals surface area (Å²) in [7, 11) is 1.65. The van der Waals surface area contributed by atoms with Gasteiger partial charge in [-0.2, -0.15) is 0 Å². The van der Waals surface area contributed by atoms with Crippen LogP contribution in [0.2, 0.25) is 0 Å². The number of para-hydroxylation sites is 1. The quantitative estimate of drug-likeness (QED) is 0.888. The van der Waals surface area contributed by atoms with Crippen LogP contribution in [0.4, 0.5) is 0 Å². The molecule has 5 heteroatoms. The molecule has 5 nitrogen and oxygen atoms in total. The van der Waals surface area contributed by atoms with E-state index in [0.717, 1.165) is 10.9 Å². The van der Waals surface area contributed by atoms with E-state index in [4.69, 9.17) is 9.15 Å². The Bertz CT molecular complexity index is 682. The van der Waals surface area contributed by atoms with E-state index in [1.54, 1.807) is 20.9 Å². The molecule has 1 amide bonds. The van der Waals surface area contributed by atoms with Crippen LogP contribution in [0.25, 0.3) is 11.0 Å². The molecule has 0 aliphatic heterocycles. The minimum Gasteiger partial charge on any atom is -0.451 e. The summed E-state index contributed by atoms with van der Waals surface area (Å²) in [5.41, 5.74) is 0.446. The van der Waals surface area contributed by atoms with Gasteiger partial charge in [0.05, 0.1) is 18.3 Å². The first-order valence-electron chi connectivity index (χ1n) is 7.79. The van der Waals surface area contributed by atoms with Crippen molar-refractivity contribution >= 4 is 16.9 Å². The molecule has 0 atom stereocenters. The second kappa shape index (κ2) is 6.72. The van der Waals surface area contributed by atoms with Gasteiger partial charge < -0.3 is 19.2 Å². The van der Waals surface area contributed by atoms with Crippen LogP contribution < -0.4 is 0 Å². The highest BCUT2D eigenvalue weighted by atomic mass is 16.5. The zero-order valence-electron chi connectivity index (χ0n) is 14.4. The first-order valence-corrected chi connectivity index (χ1v) is 7.79. The molecule has 0 bridgehead atoms. The van der Waals surface area contributed by atoms with E-state index in [2.05, 4.69) is 0 Å². The topological polar surface area (TPSA) is 62.9 Å². The fraction of sp³-hybridized carbons (Fsp3) is 0.500. The number of rotatable bonds is 6. The Kier molecular flexibility index (Phi) is 5.12. The maximum absolute atomic E-state index is 12.7. The third-order valence-electron chi connectivity index (χ3n) is 3.42. The summed E-state index contributed by atoms with van der Waals surface area (Å²) in [6.07, 6.45) is 0.0562. The van der Waals surface area contributed by atoms with Crippen molar-refractivity contribution in [1.82, 2.24) is 4.90 Å². The van der Waals surface area contributed by atoms with Crippen LogP contribution >= 0.6 is 0 Å². The van der Waals surface area contributed by atoms with Crippen molar-refractivity contribution < 1.29 is 19.1 Å². The molecule has 0 saturated heterocycles. The summed E-state index contributed by atoms with van der Waals surface area (Å²) in [5.74, 6) is 0.0179. The highest BCUT2D eigenvalue weighted by molar-refractivity contribution is 5.99. The molecule has 1 N–H and O–H groups in total. The van der Waals surface area contributed by atoms with Gasteiger partial charge in [0.2, 0.25) is 0 Å². The van der Waals surface area contributed by atoms with Crippen molar-refractivity contribution in [2.45, 2.75) is 46.0 Å². The molecule has 2 rings (SSSR count). The van der Waals surface area contributed by atoms with Crippen LogP contribution in [0.3, 0.4) is 0 Å². The van der Waals surface area contributed by atoms with Gasteiger partial charge in [-0.3, -0.25) is 4.79 Å². The number of ether oxygens (including phenoxy) is 1. The van der Waals surface area contributed by atoms with Crippen molar-refractivity contribution in [2.75, 3.05) is 13.6 Å². The number of benzene rings is 1. The van der Waals surface area contributed by atoms with Gasteiger partial charge in [-0.15, -0.1) is 0 Å². The fourth-order valence-electron chi connectivity index (χ4n) is 2.49. The number of hydrogen-bond acceptors (Lipinski definition) is 4. The molecule has 126 valence electrons. The summed E-state index contributed by atoms with van der Waals surface area (Å²) < 4.78 is 11.5. The van der Waals surface area contributed by atoms with Crippen LogP contribution in [0.15, 0.2) is 28.7 Å². The van der Waals surface area contributed by atoms with Gasteiger partial charge in [0.15, 0.2) is 5.76 Å². The largest absolute Gasteiger partial charge is 0.451 e. The number of carbonyl (C=O) groups is 1. The van der Waals surface area contributed by atoms with Crippen LogP contribution in [0.1, 0.15) is 43.8 Å². The number of furan rings is 1. The monoisotopic (exact) mass is 319 g/mol. The molecule has 0 radical (unpaired) electrons. The summed E-state index contributed by atoms with van der Waals surface area (Å²) in [5, 5.41) is 10.8. The minimum atomic E-state index is -0.967. The van der Waals surface area contributed by atoms with Gasteiger partial charge in [-0.1, -0.05) is 18.2 Å². The Morgan fingerprint density at radius 2 is 2.00 bits per heavy atom. The maximum Gasteiger partial charge on any atom is 0.289 e. The standard InChI is InChI=1S/C18H25NO4/c1-12(2)22-10-14-13-8-6-7-9-15(13)23-16(14)17(20)19(5)11-18(3,4)21/h6-9,12,21H,10-11H2,1-5H3. The molecule has 0 unspecified atom stereocenters. The molecule has 0 aliphatic carbocycles. The van der Waals surface area contributed by atoms with Crippen molar-refractivity contribution in [3.63, 3.8) is 0 Å². The lowest BCUT2D eigenvalue weighted by Crippen LogP contribution is -2.39. The van der Waals surface area contributed by atoms with Gasteiger partial charge in [0.25, 0.3) is 5.91 Å². The zero-order chi connectivity index (χ0) is 17.2. The van der Waals surface area contributed by atoms with E-state index in [1.165, 1.54) is 4.90 Å². The Morgan fingerprint density at radius 3 is 2.61 bits per heavy atom. The second-order valence-corrected chi connectivity index (χ2v) is 6.74. The molecule has 0 fully saturated rings. The number of carbonyl (C=O) groups excluding carboxylic acids is 1. The molecule has 1 heterocycles. The van der Waals surface area contributed by atoms with E-state index < -0.39 is 5.60 Å². The molecule has 2 aromatic rings. The predicted octanol–water partition coefficient (Wildman–Crippen LogP) is 3.20. The van der Waals surface area contributed by atoms with E-state index >= 15 is 0 Å². The van der Waals surface area contributed by atoms with Gasteiger partial charge in [-0.05, 0) is 33.8 Å². The van der Waals surface area contributed by atoms with Crippen LogP contribution in [0.5, 0.6) is 0 Å². The van der Waals surface area contributed by atoms with E-state index in [1.807, 2.05) is 38.1 Å².